The van der Waals surface area contributed by atoms with E-state index in [4.69, 9.17) is 4.74 Å². The molecule has 2 atom stereocenters. The molecule has 0 saturated carbocycles. The summed E-state index contributed by atoms with van der Waals surface area (Å²) in [5.41, 5.74) is 2.30. The Morgan fingerprint density at radius 3 is 1.42 bits per heavy atom. The summed E-state index contributed by atoms with van der Waals surface area (Å²) in [6, 6.07) is 29.9. The van der Waals surface area contributed by atoms with Gasteiger partial charge in [0.2, 0.25) is 0 Å². The highest BCUT2D eigenvalue weighted by atomic mass is 16.5. The van der Waals surface area contributed by atoms with Crippen LogP contribution >= 0.6 is 0 Å². The summed E-state index contributed by atoms with van der Waals surface area (Å²) in [4.78, 5) is 0. The van der Waals surface area contributed by atoms with Gasteiger partial charge >= 0.3 is 0 Å². The van der Waals surface area contributed by atoms with Crippen LogP contribution in [0.25, 0.3) is 21.5 Å². The molecule has 0 aliphatic rings. The number of hydrogen-bond donors (Lipinski definition) is 0. The topological polar surface area (TPSA) is 9.23 Å². The van der Waals surface area contributed by atoms with Crippen LogP contribution < -0.4 is 0 Å². The van der Waals surface area contributed by atoms with E-state index in [1.54, 1.807) is 0 Å². The van der Waals surface area contributed by atoms with Gasteiger partial charge in [0.1, 0.15) is 0 Å². The summed E-state index contributed by atoms with van der Waals surface area (Å²) in [5.74, 6) is 12.5. The Bertz CT molecular complexity index is 1210. The SMILES string of the molecule is CC#CCC(OC(CC#CC)c1ccc2ccccc2c1)c1ccc2ccccc2c1. The highest BCUT2D eigenvalue weighted by Crippen LogP contribution is 2.33. The van der Waals surface area contributed by atoms with Crippen LogP contribution in [0.3, 0.4) is 0 Å². The predicted octanol–water partition coefficient (Wildman–Crippen LogP) is 7.62. The molecule has 2 unspecified atom stereocenters. The van der Waals surface area contributed by atoms with Crippen molar-refractivity contribution in [1.82, 2.24) is 0 Å². The Labute approximate surface area is 185 Å². The Morgan fingerprint density at radius 2 is 1.00 bits per heavy atom. The fourth-order valence-electron chi connectivity index (χ4n) is 3.89. The van der Waals surface area contributed by atoms with Crippen LogP contribution in [0, 0.1) is 23.7 Å². The molecular formula is C30H26O. The first-order chi connectivity index (χ1) is 15.3. The molecule has 4 rings (SSSR count). The molecule has 4 aromatic rings. The molecule has 0 fully saturated rings. The van der Waals surface area contributed by atoms with Gasteiger partial charge in [-0.1, -0.05) is 72.8 Å². The number of rotatable bonds is 6. The minimum atomic E-state index is -0.118. The van der Waals surface area contributed by atoms with Crippen molar-refractivity contribution >= 4 is 21.5 Å². The van der Waals surface area contributed by atoms with Gasteiger partial charge in [0.15, 0.2) is 0 Å². The zero-order chi connectivity index (χ0) is 21.5. The van der Waals surface area contributed by atoms with Crippen molar-refractivity contribution in [1.29, 1.82) is 0 Å². The average Bonchev–Trinajstić information content (AvgIpc) is 2.83. The summed E-state index contributed by atoms with van der Waals surface area (Å²) < 4.78 is 6.72. The van der Waals surface area contributed by atoms with E-state index in [1.807, 2.05) is 13.8 Å². The van der Waals surface area contributed by atoms with Gasteiger partial charge < -0.3 is 4.74 Å². The number of benzene rings is 4. The molecule has 31 heavy (non-hydrogen) atoms. The molecule has 0 heterocycles. The molecule has 1 heteroatoms. The van der Waals surface area contributed by atoms with E-state index in [9.17, 15) is 0 Å². The summed E-state index contributed by atoms with van der Waals surface area (Å²) in [6.45, 7) is 3.75. The molecule has 0 N–H and O–H groups in total. The molecule has 0 spiro atoms. The van der Waals surface area contributed by atoms with Gasteiger partial charge in [-0.25, -0.2) is 0 Å². The van der Waals surface area contributed by atoms with Gasteiger partial charge in [-0.3, -0.25) is 0 Å². The Hall–Kier alpha value is -3.52. The molecule has 4 aromatic carbocycles. The summed E-state index contributed by atoms with van der Waals surface area (Å²) >= 11 is 0. The summed E-state index contributed by atoms with van der Waals surface area (Å²) in [5, 5.41) is 4.89. The van der Waals surface area contributed by atoms with E-state index in [0.29, 0.717) is 12.8 Å². The Kier molecular flexibility index (Phi) is 6.68. The van der Waals surface area contributed by atoms with E-state index < -0.39 is 0 Å². The highest BCUT2D eigenvalue weighted by Gasteiger charge is 2.20. The zero-order valence-corrected chi connectivity index (χ0v) is 18.1. The zero-order valence-electron chi connectivity index (χ0n) is 18.1. The lowest BCUT2D eigenvalue weighted by Crippen LogP contribution is -2.10. The van der Waals surface area contributed by atoms with Gasteiger partial charge in [0.05, 0.1) is 12.2 Å². The Balaban J connectivity index is 1.70. The van der Waals surface area contributed by atoms with Crippen LogP contribution in [0.2, 0.25) is 0 Å². The summed E-state index contributed by atoms with van der Waals surface area (Å²) in [6.07, 6.45) is 1.07. The average molecular weight is 403 g/mol. The first kappa shape index (κ1) is 20.7. The minimum absolute atomic E-state index is 0.118. The molecule has 0 amide bonds. The van der Waals surface area contributed by atoms with E-state index in [1.165, 1.54) is 21.5 Å². The second-order valence-corrected chi connectivity index (χ2v) is 7.59. The predicted molar refractivity (Wildman–Crippen MR) is 131 cm³/mol. The molecule has 0 aliphatic carbocycles. The van der Waals surface area contributed by atoms with Crippen molar-refractivity contribution in [3.63, 3.8) is 0 Å². The third-order valence-electron chi connectivity index (χ3n) is 5.55. The molecule has 0 bridgehead atoms. The quantitative estimate of drug-likeness (QED) is 0.301. The molecule has 0 aromatic heterocycles. The number of ether oxygens (including phenoxy) is 1. The van der Waals surface area contributed by atoms with E-state index in [-0.39, 0.29) is 12.2 Å². The van der Waals surface area contributed by atoms with Gasteiger partial charge in [0.25, 0.3) is 0 Å². The molecule has 0 aliphatic heterocycles. The van der Waals surface area contributed by atoms with E-state index in [2.05, 4.69) is 109 Å². The molecule has 152 valence electrons. The van der Waals surface area contributed by atoms with Crippen LogP contribution in [0.1, 0.15) is 50.0 Å². The van der Waals surface area contributed by atoms with Crippen LogP contribution in [0.4, 0.5) is 0 Å². The van der Waals surface area contributed by atoms with Crippen LogP contribution in [-0.4, -0.2) is 0 Å². The lowest BCUT2D eigenvalue weighted by molar-refractivity contribution is -0.00966. The first-order valence-corrected chi connectivity index (χ1v) is 10.7. The van der Waals surface area contributed by atoms with Crippen molar-refractivity contribution in [3.8, 4) is 23.7 Å². The fourth-order valence-corrected chi connectivity index (χ4v) is 3.89. The van der Waals surface area contributed by atoms with E-state index in [0.717, 1.165) is 11.1 Å². The maximum atomic E-state index is 6.72. The monoisotopic (exact) mass is 402 g/mol. The second-order valence-electron chi connectivity index (χ2n) is 7.59. The van der Waals surface area contributed by atoms with Crippen LogP contribution in [0.5, 0.6) is 0 Å². The van der Waals surface area contributed by atoms with Crippen molar-refractivity contribution in [2.24, 2.45) is 0 Å². The maximum Gasteiger partial charge on any atom is 0.0943 e. The normalized spacial score (nSPS) is 12.5. The van der Waals surface area contributed by atoms with Crippen molar-refractivity contribution in [2.45, 2.75) is 38.9 Å². The maximum absolute atomic E-state index is 6.72. The largest absolute Gasteiger partial charge is 0.364 e. The second kappa shape index (κ2) is 9.99. The van der Waals surface area contributed by atoms with Crippen LogP contribution in [0.15, 0.2) is 84.9 Å². The third-order valence-corrected chi connectivity index (χ3v) is 5.55. The number of fused-ring (bicyclic) bond motifs is 2. The summed E-state index contributed by atoms with van der Waals surface area (Å²) in [7, 11) is 0. The van der Waals surface area contributed by atoms with Crippen molar-refractivity contribution < 1.29 is 4.74 Å². The fraction of sp³-hybridized carbons (Fsp3) is 0.200. The number of hydrogen-bond acceptors (Lipinski definition) is 1. The van der Waals surface area contributed by atoms with Crippen molar-refractivity contribution in [3.05, 3.63) is 96.1 Å². The highest BCUT2D eigenvalue weighted by molar-refractivity contribution is 5.83. The van der Waals surface area contributed by atoms with Gasteiger partial charge in [-0.15, -0.1) is 23.7 Å². The molecular weight excluding hydrogens is 376 g/mol. The van der Waals surface area contributed by atoms with Gasteiger partial charge in [-0.05, 0) is 58.7 Å². The Morgan fingerprint density at radius 1 is 0.581 bits per heavy atom. The molecule has 0 radical (unpaired) electrons. The minimum Gasteiger partial charge on any atom is -0.364 e. The lowest BCUT2D eigenvalue weighted by atomic mass is 9.99. The van der Waals surface area contributed by atoms with Gasteiger partial charge in [0, 0.05) is 12.8 Å². The third kappa shape index (κ3) is 4.97. The molecule has 1 nitrogen and oxygen atoms in total. The standard InChI is InChI=1S/C30H26O/c1-3-5-15-29(27-19-17-23-11-7-9-13-25(23)21-27)31-30(16-6-4-2)28-20-18-24-12-8-10-14-26(24)22-28/h7-14,17-22,29-30H,15-16H2,1-2H3. The first-order valence-electron chi connectivity index (χ1n) is 10.7. The van der Waals surface area contributed by atoms with E-state index >= 15 is 0 Å². The smallest absolute Gasteiger partial charge is 0.0943 e. The lowest BCUT2D eigenvalue weighted by Gasteiger charge is -2.24. The van der Waals surface area contributed by atoms with Gasteiger partial charge in [-0.2, -0.15) is 0 Å². The molecule has 0 saturated heterocycles. The van der Waals surface area contributed by atoms with Crippen molar-refractivity contribution in [2.75, 3.05) is 0 Å². The van der Waals surface area contributed by atoms with Crippen LogP contribution in [-0.2, 0) is 4.74 Å².